The van der Waals surface area contributed by atoms with Crippen LogP contribution in [0, 0.1) is 0 Å². The van der Waals surface area contributed by atoms with Gasteiger partial charge in [0.05, 0.1) is 0 Å². The Morgan fingerprint density at radius 2 is 2.04 bits per heavy atom. The lowest BCUT2D eigenvalue weighted by Gasteiger charge is -2.33. The maximum absolute atomic E-state index is 12.8. The molecule has 0 bridgehead atoms. The molecular formula is C19H29N3O2. The van der Waals surface area contributed by atoms with Crippen LogP contribution < -0.4 is 5.32 Å². The first-order chi connectivity index (χ1) is 11.8. The van der Waals surface area contributed by atoms with Gasteiger partial charge in [-0.25, -0.2) is 4.79 Å². The van der Waals surface area contributed by atoms with Gasteiger partial charge in [-0.15, -0.1) is 0 Å². The average molecular weight is 331 g/mol. The van der Waals surface area contributed by atoms with E-state index in [2.05, 4.69) is 10.2 Å². The smallest absolute Gasteiger partial charge is 0.317 e. The monoisotopic (exact) mass is 331 g/mol. The van der Waals surface area contributed by atoms with Crippen molar-refractivity contribution in [1.29, 1.82) is 0 Å². The molecular weight excluding hydrogens is 302 g/mol. The van der Waals surface area contributed by atoms with Crippen molar-refractivity contribution in [3.63, 3.8) is 0 Å². The second-order valence-corrected chi connectivity index (χ2v) is 6.93. The molecule has 2 fully saturated rings. The van der Waals surface area contributed by atoms with E-state index in [0.29, 0.717) is 25.6 Å². The second kappa shape index (κ2) is 8.49. The molecule has 0 radical (unpaired) electrons. The summed E-state index contributed by atoms with van der Waals surface area (Å²) in [6.07, 6.45) is 5.41. The van der Waals surface area contributed by atoms with E-state index in [1.165, 1.54) is 25.8 Å². The minimum absolute atomic E-state index is 0.00438. The Morgan fingerprint density at radius 1 is 1.21 bits per heavy atom. The molecule has 2 N–H and O–H groups in total. The Kier molecular flexibility index (Phi) is 6.10. The first-order valence-corrected chi connectivity index (χ1v) is 9.22. The van der Waals surface area contributed by atoms with Crippen LogP contribution >= 0.6 is 0 Å². The maximum atomic E-state index is 12.8. The number of benzene rings is 1. The predicted molar refractivity (Wildman–Crippen MR) is 94.7 cm³/mol. The normalized spacial score (nSPS) is 23.7. The number of piperidine rings is 1. The van der Waals surface area contributed by atoms with Gasteiger partial charge in [0.25, 0.3) is 0 Å². The standard InChI is InChI=1S/C19H29N3O2/c23-14-6-12-22(15-16-7-2-1-3-8-16)19(24)20-17-10-13-21-11-5-4-9-18(17)21/h1-3,7-8,17-18,23H,4-6,9-15H2,(H,20,24)/t17-,18+/m0/s1. The summed E-state index contributed by atoms with van der Waals surface area (Å²) in [4.78, 5) is 17.2. The van der Waals surface area contributed by atoms with Gasteiger partial charge in [0.15, 0.2) is 0 Å². The number of fused-ring (bicyclic) bond motifs is 1. The summed E-state index contributed by atoms with van der Waals surface area (Å²) >= 11 is 0. The summed E-state index contributed by atoms with van der Waals surface area (Å²) in [5.41, 5.74) is 1.12. The van der Waals surface area contributed by atoms with Crippen LogP contribution in [-0.2, 0) is 6.54 Å². The summed E-state index contributed by atoms with van der Waals surface area (Å²) in [5, 5.41) is 12.4. The summed E-state index contributed by atoms with van der Waals surface area (Å²) in [6, 6.07) is 10.8. The zero-order valence-corrected chi connectivity index (χ0v) is 14.4. The lowest BCUT2D eigenvalue weighted by Crippen LogP contribution is -2.50. The highest BCUT2D eigenvalue weighted by Gasteiger charge is 2.36. The van der Waals surface area contributed by atoms with Gasteiger partial charge in [0.2, 0.25) is 0 Å². The lowest BCUT2D eigenvalue weighted by atomic mass is 9.99. The van der Waals surface area contributed by atoms with Gasteiger partial charge in [0.1, 0.15) is 0 Å². The van der Waals surface area contributed by atoms with Crippen molar-refractivity contribution in [2.75, 3.05) is 26.2 Å². The Bertz CT molecular complexity index is 523. The third-order valence-electron chi connectivity index (χ3n) is 5.25. The topological polar surface area (TPSA) is 55.8 Å². The summed E-state index contributed by atoms with van der Waals surface area (Å²) in [6.45, 7) is 3.56. The highest BCUT2D eigenvalue weighted by atomic mass is 16.3. The van der Waals surface area contributed by atoms with Gasteiger partial charge in [-0.3, -0.25) is 4.90 Å². The minimum Gasteiger partial charge on any atom is -0.396 e. The third kappa shape index (κ3) is 4.28. The number of hydrogen-bond acceptors (Lipinski definition) is 3. The number of carbonyl (C=O) groups is 1. The van der Waals surface area contributed by atoms with E-state index in [1.54, 1.807) is 0 Å². The van der Waals surface area contributed by atoms with Gasteiger partial charge < -0.3 is 15.3 Å². The minimum atomic E-state index is 0.00438. The van der Waals surface area contributed by atoms with E-state index in [4.69, 9.17) is 5.11 Å². The Labute approximate surface area is 144 Å². The predicted octanol–water partition coefficient (Wildman–Crippen LogP) is 2.21. The van der Waals surface area contributed by atoms with Crippen LogP contribution in [0.25, 0.3) is 0 Å². The van der Waals surface area contributed by atoms with Gasteiger partial charge in [-0.2, -0.15) is 0 Å². The fourth-order valence-electron chi connectivity index (χ4n) is 3.98. The molecule has 2 aliphatic heterocycles. The molecule has 5 heteroatoms. The zero-order valence-electron chi connectivity index (χ0n) is 14.4. The van der Waals surface area contributed by atoms with E-state index in [1.807, 2.05) is 35.2 Å². The van der Waals surface area contributed by atoms with E-state index in [0.717, 1.165) is 18.5 Å². The van der Waals surface area contributed by atoms with Crippen molar-refractivity contribution in [3.05, 3.63) is 35.9 Å². The number of aliphatic hydroxyl groups excluding tert-OH is 1. The van der Waals surface area contributed by atoms with Crippen molar-refractivity contribution < 1.29 is 9.90 Å². The summed E-state index contributed by atoms with van der Waals surface area (Å²) in [5.74, 6) is 0. The highest BCUT2D eigenvalue weighted by molar-refractivity contribution is 5.74. The number of carbonyl (C=O) groups excluding carboxylic acids is 1. The van der Waals surface area contributed by atoms with Gasteiger partial charge in [-0.1, -0.05) is 36.8 Å². The molecule has 0 spiro atoms. The van der Waals surface area contributed by atoms with Crippen LogP contribution in [0.5, 0.6) is 0 Å². The average Bonchev–Trinajstić information content (AvgIpc) is 3.02. The number of nitrogens with zero attached hydrogens (tertiary/aromatic N) is 2. The van der Waals surface area contributed by atoms with E-state index in [-0.39, 0.29) is 18.7 Å². The number of amides is 2. The molecule has 2 heterocycles. The van der Waals surface area contributed by atoms with Crippen LogP contribution in [0.3, 0.4) is 0 Å². The molecule has 0 unspecified atom stereocenters. The van der Waals surface area contributed by atoms with Crippen LogP contribution in [0.4, 0.5) is 4.79 Å². The van der Waals surface area contributed by atoms with Crippen LogP contribution in [0.15, 0.2) is 30.3 Å². The fourth-order valence-corrected chi connectivity index (χ4v) is 3.98. The summed E-state index contributed by atoms with van der Waals surface area (Å²) in [7, 11) is 0. The molecule has 2 aliphatic rings. The van der Waals surface area contributed by atoms with Crippen molar-refractivity contribution >= 4 is 6.03 Å². The van der Waals surface area contributed by atoms with Crippen molar-refractivity contribution in [2.24, 2.45) is 0 Å². The molecule has 0 aliphatic carbocycles. The molecule has 1 aromatic carbocycles. The van der Waals surface area contributed by atoms with E-state index >= 15 is 0 Å². The van der Waals surface area contributed by atoms with E-state index < -0.39 is 0 Å². The number of nitrogens with one attached hydrogen (secondary N) is 1. The molecule has 2 amide bonds. The second-order valence-electron chi connectivity index (χ2n) is 6.93. The Morgan fingerprint density at radius 3 is 2.83 bits per heavy atom. The quantitative estimate of drug-likeness (QED) is 0.840. The van der Waals surface area contributed by atoms with Gasteiger partial charge in [-0.05, 0) is 37.8 Å². The molecule has 5 nitrogen and oxygen atoms in total. The number of rotatable bonds is 6. The molecule has 3 rings (SSSR count). The Balaban J connectivity index is 1.60. The number of hydrogen-bond donors (Lipinski definition) is 2. The van der Waals surface area contributed by atoms with E-state index in [9.17, 15) is 4.79 Å². The molecule has 1 aromatic rings. The Hall–Kier alpha value is -1.59. The van der Waals surface area contributed by atoms with Crippen molar-refractivity contribution in [3.8, 4) is 0 Å². The molecule has 2 atom stereocenters. The first kappa shape index (κ1) is 17.2. The molecule has 0 saturated carbocycles. The van der Waals surface area contributed by atoms with Crippen LogP contribution in [-0.4, -0.2) is 59.3 Å². The van der Waals surface area contributed by atoms with Crippen LogP contribution in [0.2, 0.25) is 0 Å². The molecule has 0 aromatic heterocycles. The zero-order chi connectivity index (χ0) is 16.8. The number of urea groups is 1. The number of aliphatic hydroxyl groups is 1. The summed E-state index contributed by atoms with van der Waals surface area (Å²) < 4.78 is 0. The first-order valence-electron chi connectivity index (χ1n) is 9.22. The lowest BCUT2D eigenvalue weighted by molar-refractivity contribution is 0.163. The SMILES string of the molecule is O=C(N[C@H]1CCN2CCCC[C@H]12)N(CCCO)Cc1ccccc1. The molecule has 24 heavy (non-hydrogen) atoms. The fraction of sp³-hybridized carbons (Fsp3) is 0.632. The highest BCUT2D eigenvalue weighted by Crippen LogP contribution is 2.27. The van der Waals surface area contributed by atoms with Crippen LogP contribution in [0.1, 0.15) is 37.7 Å². The molecule has 132 valence electrons. The maximum Gasteiger partial charge on any atom is 0.317 e. The largest absolute Gasteiger partial charge is 0.396 e. The van der Waals surface area contributed by atoms with Crippen molar-refractivity contribution in [1.82, 2.24) is 15.1 Å². The van der Waals surface area contributed by atoms with Gasteiger partial charge >= 0.3 is 6.03 Å². The third-order valence-corrected chi connectivity index (χ3v) is 5.25. The van der Waals surface area contributed by atoms with Gasteiger partial charge in [0, 0.05) is 38.3 Å². The molecule has 2 saturated heterocycles. The van der Waals surface area contributed by atoms with Crippen molar-refractivity contribution in [2.45, 2.75) is 50.7 Å².